The van der Waals surface area contributed by atoms with Crippen molar-refractivity contribution >= 4 is 33.2 Å². The van der Waals surface area contributed by atoms with Gasteiger partial charge in [-0.15, -0.1) is 11.3 Å². The normalized spacial score (nSPS) is 10.8. The van der Waals surface area contributed by atoms with Gasteiger partial charge in [0.05, 0.1) is 3.79 Å². The van der Waals surface area contributed by atoms with Crippen LogP contribution in [0.3, 0.4) is 0 Å². The Kier molecular flexibility index (Phi) is 6.06. The minimum atomic E-state index is 0.171. The summed E-state index contributed by atoms with van der Waals surface area (Å²) < 4.78 is 1.15. The van der Waals surface area contributed by atoms with Gasteiger partial charge >= 0.3 is 0 Å². The molecule has 0 atom stereocenters. The van der Waals surface area contributed by atoms with E-state index in [9.17, 15) is 4.79 Å². The molecule has 0 saturated carbocycles. The second-order valence-electron chi connectivity index (χ2n) is 4.24. The molecule has 0 aromatic carbocycles. The minimum Gasteiger partial charge on any atom is -0.356 e. The van der Waals surface area contributed by atoms with E-state index < -0.39 is 0 Å². The van der Waals surface area contributed by atoms with E-state index in [0.29, 0.717) is 12.3 Å². The molecule has 0 saturated heterocycles. The Morgan fingerprint density at radius 1 is 1.50 bits per heavy atom. The molecule has 1 rings (SSSR count). The Balaban J connectivity index is 2.13. The molecule has 1 N–H and O–H groups in total. The number of halogens is 1. The maximum Gasteiger partial charge on any atom is 0.220 e. The molecule has 0 radical (unpaired) electrons. The van der Waals surface area contributed by atoms with Gasteiger partial charge in [-0.25, -0.2) is 0 Å². The van der Waals surface area contributed by atoms with E-state index in [-0.39, 0.29) is 5.91 Å². The van der Waals surface area contributed by atoms with Crippen LogP contribution in [0.4, 0.5) is 0 Å². The third-order valence-electron chi connectivity index (χ3n) is 2.27. The van der Waals surface area contributed by atoms with E-state index >= 15 is 0 Å². The molecule has 1 aromatic heterocycles. The molecule has 0 bridgehead atoms. The van der Waals surface area contributed by atoms with Gasteiger partial charge in [-0.3, -0.25) is 4.79 Å². The Labute approximate surface area is 110 Å². The number of nitrogens with one attached hydrogen (secondary N) is 1. The first-order valence-corrected chi connectivity index (χ1v) is 7.20. The van der Waals surface area contributed by atoms with Crippen LogP contribution < -0.4 is 5.32 Å². The van der Waals surface area contributed by atoms with Crippen LogP contribution in [0.5, 0.6) is 0 Å². The number of rotatable bonds is 6. The number of hydrogen-bond donors (Lipinski definition) is 1. The van der Waals surface area contributed by atoms with Crippen molar-refractivity contribution in [2.75, 3.05) is 6.54 Å². The molecule has 1 heterocycles. The molecule has 0 unspecified atom stereocenters. The average molecular weight is 304 g/mol. The molecule has 0 aliphatic carbocycles. The molecule has 90 valence electrons. The maximum absolute atomic E-state index is 11.4. The number of amides is 1. The highest BCUT2D eigenvalue weighted by Gasteiger charge is 2.03. The predicted octanol–water partition coefficient (Wildman–Crippen LogP) is 3.61. The lowest BCUT2D eigenvalue weighted by Crippen LogP contribution is -2.25. The van der Waals surface area contributed by atoms with Crippen molar-refractivity contribution in [3.05, 3.63) is 20.8 Å². The third-order valence-corrected chi connectivity index (χ3v) is 3.95. The van der Waals surface area contributed by atoms with Crippen LogP contribution in [-0.4, -0.2) is 12.5 Å². The molecule has 0 aliphatic heterocycles. The third kappa shape index (κ3) is 5.66. The molecule has 0 spiro atoms. The number of hydrogen-bond acceptors (Lipinski definition) is 2. The summed E-state index contributed by atoms with van der Waals surface area (Å²) in [4.78, 5) is 12.7. The summed E-state index contributed by atoms with van der Waals surface area (Å²) in [5.74, 6) is 0.767. The van der Waals surface area contributed by atoms with Crippen LogP contribution in [0.1, 0.15) is 31.6 Å². The van der Waals surface area contributed by atoms with Crippen molar-refractivity contribution < 1.29 is 4.79 Å². The Bertz CT molecular complexity index is 336. The lowest BCUT2D eigenvalue weighted by Gasteiger charge is -2.05. The van der Waals surface area contributed by atoms with Crippen LogP contribution in [0.15, 0.2) is 15.9 Å². The van der Waals surface area contributed by atoms with Crippen molar-refractivity contribution in [1.82, 2.24) is 5.32 Å². The van der Waals surface area contributed by atoms with E-state index in [2.05, 4.69) is 41.2 Å². The molecular formula is C12H18BrNOS. The van der Waals surface area contributed by atoms with Gasteiger partial charge in [0.15, 0.2) is 0 Å². The van der Waals surface area contributed by atoms with Gasteiger partial charge in [-0.1, -0.05) is 13.8 Å². The first kappa shape index (κ1) is 13.7. The van der Waals surface area contributed by atoms with Gasteiger partial charge in [0, 0.05) is 17.8 Å². The number of carbonyl (C=O) groups excluding carboxylic acids is 1. The maximum atomic E-state index is 11.4. The highest BCUT2D eigenvalue weighted by Crippen LogP contribution is 2.22. The van der Waals surface area contributed by atoms with Gasteiger partial charge in [-0.2, -0.15) is 0 Å². The summed E-state index contributed by atoms with van der Waals surface area (Å²) in [5, 5.41) is 2.95. The molecule has 4 heteroatoms. The largest absolute Gasteiger partial charge is 0.356 e. The zero-order valence-corrected chi connectivity index (χ0v) is 12.2. The fourth-order valence-electron chi connectivity index (χ4n) is 1.32. The molecule has 2 nitrogen and oxygen atoms in total. The highest BCUT2D eigenvalue weighted by atomic mass is 79.9. The highest BCUT2D eigenvalue weighted by molar-refractivity contribution is 9.11. The monoisotopic (exact) mass is 303 g/mol. The molecule has 16 heavy (non-hydrogen) atoms. The van der Waals surface area contributed by atoms with Gasteiger partial charge in [0.25, 0.3) is 0 Å². The lowest BCUT2D eigenvalue weighted by molar-refractivity contribution is -0.121. The summed E-state index contributed by atoms with van der Waals surface area (Å²) in [6, 6.07) is 4.13. The summed E-state index contributed by atoms with van der Waals surface area (Å²) in [5.41, 5.74) is 0. The van der Waals surface area contributed by atoms with Crippen molar-refractivity contribution in [3.63, 3.8) is 0 Å². The standard InChI is InChI=1S/C12H18BrNOS/c1-9(2)3-6-12(15)14-8-7-10-4-5-11(13)16-10/h4-5,9H,3,6-8H2,1-2H3,(H,14,15). The predicted molar refractivity (Wildman–Crippen MR) is 72.8 cm³/mol. The first-order chi connectivity index (χ1) is 7.58. The van der Waals surface area contributed by atoms with Crippen LogP contribution in [0, 0.1) is 5.92 Å². The van der Waals surface area contributed by atoms with Crippen LogP contribution in [0.25, 0.3) is 0 Å². The van der Waals surface area contributed by atoms with Crippen LogP contribution >= 0.6 is 27.3 Å². The van der Waals surface area contributed by atoms with Crippen molar-refractivity contribution in [3.8, 4) is 0 Å². The first-order valence-electron chi connectivity index (χ1n) is 5.59. The van der Waals surface area contributed by atoms with Gasteiger partial charge in [-0.05, 0) is 46.8 Å². The minimum absolute atomic E-state index is 0.171. The zero-order chi connectivity index (χ0) is 12.0. The number of carbonyl (C=O) groups is 1. The summed E-state index contributed by atoms with van der Waals surface area (Å²) >= 11 is 5.15. The van der Waals surface area contributed by atoms with Crippen molar-refractivity contribution in [2.45, 2.75) is 33.1 Å². The summed E-state index contributed by atoms with van der Waals surface area (Å²) in [6.45, 7) is 5.01. The fraction of sp³-hybridized carbons (Fsp3) is 0.583. The SMILES string of the molecule is CC(C)CCC(=O)NCCc1ccc(Br)s1. The fourth-order valence-corrected chi connectivity index (χ4v) is 2.80. The van der Waals surface area contributed by atoms with Crippen LogP contribution in [0.2, 0.25) is 0 Å². The Morgan fingerprint density at radius 2 is 2.25 bits per heavy atom. The smallest absolute Gasteiger partial charge is 0.220 e. The Morgan fingerprint density at radius 3 is 2.81 bits per heavy atom. The molecule has 0 aliphatic rings. The second kappa shape index (κ2) is 7.07. The van der Waals surface area contributed by atoms with E-state index in [1.807, 2.05) is 6.07 Å². The van der Waals surface area contributed by atoms with E-state index in [1.165, 1.54) is 4.88 Å². The van der Waals surface area contributed by atoms with Crippen molar-refractivity contribution in [2.24, 2.45) is 5.92 Å². The van der Waals surface area contributed by atoms with Crippen LogP contribution in [-0.2, 0) is 11.2 Å². The van der Waals surface area contributed by atoms with E-state index in [1.54, 1.807) is 11.3 Å². The topological polar surface area (TPSA) is 29.1 Å². The van der Waals surface area contributed by atoms with Crippen molar-refractivity contribution in [1.29, 1.82) is 0 Å². The van der Waals surface area contributed by atoms with Gasteiger partial charge in [0.1, 0.15) is 0 Å². The second-order valence-corrected chi connectivity index (χ2v) is 6.79. The molecule has 0 fully saturated rings. The zero-order valence-electron chi connectivity index (χ0n) is 9.75. The van der Waals surface area contributed by atoms with Gasteiger partial charge < -0.3 is 5.32 Å². The lowest BCUT2D eigenvalue weighted by atomic mass is 10.1. The summed E-state index contributed by atoms with van der Waals surface area (Å²) in [7, 11) is 0. The molecule has 1 amide bonds. The molecular weight excluding hydrogens is 286 g/mol. The summed E-state index contributed by atoms with van der Waals surface area (Å²) in [6.07, 6.45) is 2.53. The van der Waals surface area contributed by atoms with E-state index in [4.69, 9.17) is 0 Å². The number of thiophene rings is 1. The Hall–Kier alpha value is -0.350. The molecule has 1 aromatic rings. The van der Waals surface area contributed by atoms with E-state index in [0.717, 1.165) is 23.2 Å². The van der Waals surface area contributed by atoms with Gasteiger partial charge in [0.2, 0.25) is 5.91 Å². The quantitative estimate of drug-likeness (QED) is 0.854. The average Bonchev–Trinajstić information content (AvgIpc) is 2.61.